The number of amides is 2. The second-order valence-electron chi connectivity index (χ2n) is 5.67. The van der Waals surface area contributed by atoms with Crippen LogP contribution in [0.1, 0.15) is 17.0 Å². The van der Waals surface area contributed by atoms with Crippen LogP contribution >= 0.6 is 0 Å². The Labute approximate surface area is 144 Å². The molecule has 25 heavy (non-hydrogen) atoms. The molecule has 1 aromatic heterocycles. The van der Waals surface area contributed by atoms with E-state index >= 15 is 0 Å². The van der Waals surface area contributed by atoms with Crippen LogP contribution in [0.15, 0.2) is 52.9 Å². The number of oxazole rings is 1. The number of nitrogens with one attached hydrogen (secondary N) is 2. The average Bonchev–Trinajstić information content (AvgIpc) is 2.94. The molecule has 0 fully saturated rings. The molecule has 0 saturated heterocycles. The molecule has 0 spiro atoms. The molecule has 5 nitrogen and oxygen atoms in total. The van der Waals surface area contributed by atoms with Gasteiger partial charge in [0.15, 0.2) is 0 Å². The van der Waals surface area contributed by atoms with Crippen molar-refractivity contribution in [3.63, 3.8) is 0 Å². The van der Waals surface area contributed by atoms with Crippen molar-refractivity contribution in [3.8, 4) is 11.5 Å². The van der Waals surface area contributed by atoms with Crippen LogP contribution in [0.5, 0.6) is 0 Å². The van der Waals surface area contributed by atoms with Crippen LogP contribution in [0.2, 0.25) is 0 Å². The van der Waals surface area contributed by atoms with Gasteiger partial charge in [-0.15, -0.1) is 0 Å². The third kappa shape index (κ3) is 4.23. The molecule has 0 aliphatic heterocycles. The number of urea groups is 1. The highest BCUT2D eigenvalue weighted by atomic mass is 19.1. The number of hydrogen-bond donors (Lipinski definition) is 2. The lowest BCUT2D eigenvalue weighted by atomic mass is 10.2. The number of anilines is 1. The van der Waals surface area contributed by atoms with Gasteiger partial charge >= 0.3 is 6.03 Å². The first-order valence-corrected chi connectivity index (χ1v) is 7.85. The summed E-state index contributed by atoms with van der Waals surface area (Å²) in [5, 5.41) is 5.46. The van der Waals surface area contributed by atoms with Gasteiger partial charge in [0.05, 0.1) is 5.69 Å². The zero-order valence-electron chi connectivity index (χ0n) is 14.0. The smallest absolute Gasteiger partial charge is 0.319 e. The fourth-order valence-electron chi connectivity index (χ4n) is 2.25. The molecule has 6 heteroatoms. The van der Waals surface area contributed by atoms with Gasteiger partial charge in [0, 0.05) is 17.8 Å². The summed E-state index contributed by atoms with van der Waals surface area (Å²) in [6.45, 7) is 4.08. The topological polar surface area (TPSA) is 67.2 Å². The predicted molar refractivity (Wildman–Crippen MR) is 93.7 cm³/mol. The Morgan fingerprint density at radius 3 is 2.36 bits per heavy atom. The minimum atomic E-state index is -0.333. The van der Waals surface area contributed by atoms with E-state index < -0.39 is 0 Å². The van der Waals surface area contributed by atoms with Crippen molar-refractivity contribution in [1.29, 1.82) is 0 Å². The summed E-state index contributed by atoms with van der Waals surface area (Å²) >= 11 is 0. The molecule has 2 N–H and O–H groups in total. The Morgan fingerprint density at radius 1 is 1.08 bits per heavy atom. The first-order valence-electron chi connectivity index (χ1n) is 7.85. The Hall–Kier alpha value is -3.15. The van der Waals surface area contributed by atoms with E-state index in [1.54, 1.807) is 24.3 Å². The number of carbonyl (C=O) groups excluding carboxylic acids is 1. The maximum Gasteiger partial charge on any atom is 0.319 e. The summed E-state index contributed by atoms with van der Waals surface area (Å²) < 4.78 is 18.4. The van der Waals surface area contributed by atoms with E-state index in [2.05, 4.69) is 15.6 Å². The maximum absolute atomic E-state index is 12.8. The van der Waals surface area contributed by atoms with Gasteiger partial charge in [0.25, 0.3) is 0 Å². The number of aryl methyl sites for hydroxylation is 2. The molecular formula is C19H18FN3O2. The van der Waals surface area contributed by atoms with E-state index in [0.29, 0.717) is 18.1 Å². The molecule has 3 aromatic rings. The number of nitrogens with zero attached hydrogens (tertiary/aromatic N) is 1. The third-order valence-corrected chi connectivity index (χ3v) is 3.78. The van der Waals surface area contributed by atoms with Gasteiger partial charge in [-0.25, -0.2) is 14.2 Å². The highest BCUT2D eigenvalue weighted by Gasteiger charge is 2.08. The Morgan fingerprint density at radius 2 is 1.76 bits per heavy atom. The lowest BCUT2D eigenvalue weighted by molar-refractivity contribution is 0.251. The zero-order valence-corrected chi connectivity index (χ0v) is 14.0. The largest absolute Gasteiger partial charge is 0.441 e. The van der Waals surface area contributed by atoms with Crippen LogP contribution in [0.3, 0.4) is 0 Å². The van der Waals surface area contributed by atoms with Gasteiger partial charge in [0.1, 0.15) is 11.6 Å². The SMILES string of the molecule is Cc1nc(-c2ccc(NC(=O)NCc3ccc(F)cc3)cc2)oc1C. The van der Waals surface area contributed by atoms with Crippen molar-refractivity contribution in [3.05, 3.63) is 71.4 Å². The first-order chi connectivity index (χ1) is 12.0. The van der Waals surface area contributed by atoms with E-state index in [9.17, 15) is 9.18 Å². The molecular weight excluding hydrogens is 321 g/mol. The second kappa shape index (κ2) is 7.17. The fraction of sp³-hybridized carbons (Fsp3) is 0.158. The molecule has 0 aliphatic carbocycles. The monoisotopic (exact) mass is 339 g/mol. The van der Waals surface area contributed by atoms with Gasteiger partial charge in [-0.2, -0.15) is 0 Å². The summed E-state index contributed by atoms with van der Waals surface area (Å²) in [7, 11) is 0. The van der Waals surface area contributed by atoms with Crippen LogP contribution in [0.25, 0.3) is 11.5 Å². The molecule has 2 amide bonds. The van der Waals surface area contributed by atoms with Crippen molar-refractivity contribution in [1.82, 2.24) is 10.3 Å². The van der Waals surface area contributed by atoms with E-state index in [4.69, 9.17) is 4.42 Å². The number of benzene rings is 2. The zero-order chi connectivity index (χ0) is 17.8. The van der Waals surface area contributed by atoms with Gasteiger partial charge in [-0.3, -0.25) is 0 Å². The molecule has 0 aliphatic rings. The van der Waals surface area contributed by atoms with E-state index in [1.165, 1.54) is 12.1 Å². The summed E-state index contributed by atoms with van der Waals surface area (Å²) in [5.74, 6) is 1.05. The lowest BCUT2D eigenvalue weighted by Gasteiger charge is -2.08. The molecule has 128 valence electrons. The normalized spacial score (nSPS) is 10.5. The van der Waals surface area contributed by atoms with Crippen LogP contribution < -0.4 is 10.6 Å². The predicted octanol–water partition coefficient (Wildman–Crippen LogP) is 4.42. The van der Waals surface area contributed by atoms with E-state index in [-0.39, 0.29) is 11.8 Å². The molecule has 2 aromatic carbocycles. The quantitative estimate of drug-likeness (QED) is 0.739. The third-order valence-electron chi connectivity index (χ3n) is 3.78. The van der Waals surface area contributed by atoms with Gasteiger partial charge in [-0.05, 0) is 55.8 Å². The number of aromatic nitrogens is 1. The summed E-state index contributed by atoms with van der Waals surface area (Å²) in [6, 6.07) is 12.9. The van der Waals surface area contributed by atoms with Crippen LogP contribution in [0, 0.1) is 19.7 Å². The molecule has 0 atom stereocenters. The van der Waals surface area contributed by atoms with Gasteiger partial charge in [0.2, 0.25) is 5.89 Å². The number of halogens is 1. The van der Waals surface area contributed by atoms with Crippen LogP contribution in [-0.4, -0.2) is 11.0 Å². The second-order valence-corrected chi connectivity index (χ2v) is 5.67. The number of carbonyl (C=O) groups is 1. The van der Waals surface area contributed by atoms with Crippen molar-refractivity contribution >= 4 is 11.7 Å². The Kier molecular flexibility index (Phi) is 4.79. The van der Waals surface area contributed by atoms with Crippen molar-refractivity contribution in [2.24, 2.45) is 0 Å². The summed E-state index contributed by atoms with van der Waals surface area (Å²) in [5.41, 5.74) is 3.17. The molecule has 1 heterocycles. The molecule has 0 radical (unpaired) electrons. The Balaban J connectivity index is 1.57. The average molecular weight is 339 g/mol. The standard InChI is InChI=1S/C19H18FN3O2/c1-12-13(2)25-18(22-12)15-5-9-17(10-6-15)23-19(24)21-11-14-3-7-16(20)8-4-14/h3-10H,11H2,1-2H3,(H2,21,23,24). The number of rotatable bonds is 4. The minimum Gasteiger partial charge on any atom is -0.441 e. The highest BCUT2D eigenvalue weighted by Crippen LogP contribution is 2.22. The van der Waals surface area contributed by atoms with E-state index in [1.807, 2.05) is 26.0 Å². The minimum absolute atomic E-state index is 0.301. The Bertz CT molecular complexity index is 851. The van der Waals surface area contributed by atoms with E-state index in [0.717, 1.165) is 22.6 Å². The van der Waals surface area contributed by atoms with Crippen LogP contribution in [-0.2, 0) is 6.54 Å². The fourth-order valence-corrected chi connectivity index (χ4v) is 2.25. The van der Waals surface area contributed by atoms with Crippen molar-refractivity contribution < 1.29 is 13.6 Å². The molecule has 0 saturated carbocycles. The summed E-state index contributed by atoms with van der Waals surface area (Å²) in [6.07, 6.45) is 0. The van der Waals surface area contributed by atoms with Gasteiger partial charge in [-0.1, -0.05) is 12.1 Å². The highest BCUT2D eigenvalue weighted by molar-refractivity contribution is 5.89. The maximum atomic E-state index is 12.8. The summed E-state index contributed by atoms with van der Waals surface area (Å²) in [4.78, 5) is 16.3. The van der Waals surface area contributed by atoms with Crippen molar-refractivity contribution in [2.75, 3.05) is 5.32 Å². The number of hydrogen-bond acceptors (Lipinski definition) is 3. The first kappa shape index (κ1) is 16.7. The van der Waals surface area contributed by atoms with Gasteiger partial charge < -0.3 is 15.1 Å². The molecule has 3 rings (SSSR count). The van der Waals surface area contributed by atoms with Crippen molar-refractivity contribution in [2.45, 2.75) is 20.4 Å². The lowest BCUT2D eigenvalue weighted by Crippen LogP contribution is -2.28. The van der Waals surface area contributed by atoms with Crippen LogP contribution in [0.4, 0.5) is 14.9 Å². The molecule has 0 bridgehead atoms. The molecule has 0 unspecified atom stereocenters.